The van der Waals surface area contributed by atoms with Gasteiger partial charge in [0, 0.05) is 38.6 Å². The molecule has 132 valence electrons. The Morgan fingerprint density at radius 1 is 1.30 bits per heavy atom. The minimum absolute atomic E-state index is 0. The zero-order chi connectivity index (χ0) is 15.8. The highest BCUT2D eigenvalue weighted by Gasteiger charge is 2.23. The maximum Gasteiger partial charge on any atom is 0.191 e. The summed E-state index contributed by atoms with van der Waals surface area (Å²) in [5, 5.41) is 11.2. The first-order valence-corrected chi connectivity index (χ1v) is 8.63. The third kappa shape index (κ3) is 7.10. The van der Waals surface area contributed by atoms with Gasteiger partial charge >= 0.3 is 0 Å². The van der Waals surface area contributed by atoms with Gasteiger partial charge in [-0.1, -0.05) is 13.8 Å². The number of rotatable bonds is 6. The van der Waals surface area contributed by atoms with E-state index in [4.69, 9.17) is 0 Å². The molecule has 0 atom stereocenters. The summed E-state index contributed by atoms with van der Waals surface area (Å²) in [7, 11) is 1.85. The van der Waals surface area contributed by atoms with Gasteiger partial charge in [0.25, 0.3) is 0 Å². The summed E-state index contributed by atoms with van der Waals surface area (Å²) < 4.78 is 1.96. The average molecular weight is 433 g/mol. The highest BCUT2D eigenvalue weighted by atomic mass is 127. The predicted molar refractivity (Wildman–Crippen MR) is 107 cm³/mol. The van der Waals surface area contributed by atoms with E-state index in [9.17, 15) is 0 Å². The molecule has 1 aromatic heterocycles. The third-order valence-corrected chi connectivity index (χ3v) is 4.69. The number of nitrogens with one attached hydrogen (secondary N) is 2. The summed E-state index contributed by atoms with van der Waals surface area (Å²) >= 11 is 0. The van der Waals surface area contributed by atoms with Gasteiger partial charge in [-0.25, -0.2) is 0 Å². The Morgan fingerprint density at radius 2 is 2.04 bits per heavy atom. The smallest absolute Gasteiger partial charge is 0.191 e. The van der Waals surface area contributed by atoms with Crippen molar-refractivity contribution in [3.8, 4) is 0 Å². The Balaban J connectivity index is 0.00000264. The van der Waals surface area contributed by atoms with Gasteiger partial charge in [0.05, 0.1) is 0 Å². The zero-order valence-electron chi connectivity index (χ0n) is 14.7. The molecule has 1 fully saturated rings. The summed E-state index contributed by atoms with van der Waals surface area (Å²) in [6.45, 7) is 6.55. The van der Waals surface area contributed by atoms with Crippen molar-refractivity contribution < 1.29 is 0 Å². The fourth-order valence-electron chi connectivity index (χ4n) is 3.20. The molecule has 5 nitrogen and oxygen atoms in total. The Morgan fingerprint density at radius 3 is 2.61 bits per heavy atom. The van der Waals surface area contributed by atoms with Gasteiger partial charge in [0.15, 0.2) is 5.96 Å². The number of guanidine groups is 1. The molecule has 2 rings (SSSR count). The molecular formula is C17H32IN5. The molecular weight excluding hydrogens is 401 g/mol. The van der Waals surface area contributed by atoms with Gasteiger partial charge < -0.3 is 10.6 Å². The molecule has 0 saturated heterocycles. The van der Waals surface area contributed by atoms with E-state index in [1.807, 2.05) is 30.2 Å². The number of aryl methyl sites for hydroxylation is 1. The van der Waals surface area contributed by atoms with E-state index in [1.54, 1.807) is 0 Å². The summed E-state index contributed by atoms with van der Waals surface area (Å²) in [6, 6.07) is 2.54. The molecule has 2 N–H and O–H groups in total. The number of halogens is 1. The van der Waals surface area contributed by atoms with Crippen molar-refractivity contribution in [2.45, 2.75) is 58.5 Å². The number of aliphatic imine (C=N–C) groups is 1. The van der Waals surface area contributed by atoms with Crippen molar-refractivity contribution in [2.24, 2.45) is 16.8 Å². The lowest BCUT2D eigenvalue weighted by molar-refractivity contribution is 0.250. The van der Waals surface area contributed by atoms with Crippen LogP contribution < -0.4 is 10.6 Å². The van der Waals surface area contributed by atoms with E-state index in [2.05, 4.69) is 34.6 Å². The first-order chi connectivity index (χ1) is 10.7. The standard InChI is InChI=1S/C17H31N5.HI/c1-14(2)15-6-8-16(9-7-15)21-17(18-3)19-10-4-12-22-13-5-11-20-22;/h5,11,13-16H,4,6-10,12H2,1-3H3,(H2,18,19,21);1H. The van der Waals surface area contributed by atoms with Gasteiger partial charge in [0.1, 0.15) is 0 Å². The predicted octanol–water partition coefficient (Wildman–Crippen LogP) is 3.27. The second-order valence-corrected chi connectivity index (χ2v) is 6.62. The molecule has 1 heterocycles. The van der Waals surface area contributed by atoms with Crippen LogP contribution in [0.2, 0.25) is 0 Å². The molecule has 23 heavy (non-hydrogen) atoms. The second-order valence-electron chi connectivity index (χ2n) is 6.62. The van der Waals surface area contributed by atoms with Gasteiger partial charge in [-0.2, -0.15) is 5.10 Å². The Hall–Kier alpha value is -0.790. The normalized spacial score (nSPS) is 21.8. The molecule has 0 bridgehead atoms. The number of hydrogen-bond acceptors (Lipinski definition) is 2. The first-order valence-electron chi connectivity index (χ1n) is 8.63. The van der Waals surface area contributed by atoms with Crippen molar-refractivity contribution >= 4 is 29.9 Å². The monoisotopic (exact) mass is 433 g/mol. The lowest BCUT2D eigenvalue weighted by Gasteiger charge is -2.32. The van der Waals surface area contributed by atoms with Crippen LogP contribution in [0.4, 0.5) is 0 Å². The fraction of sp³-hybridized carbons (Fsp3) is 0.765. The van der Waals surface area contributed by atoms with E-state index in [-0.39, 0.29) is 24.0 Å². The van der Waals surface area contributed by atoms with E-state index in [0.717, 1.165) is 37.3 Å². The van der Waals surface area contributed by atoms with E-state index >= 15 is 0 Å². The summed E-state index contributed by atoms with van der Waals surface area (Å²) in [5.74, 6) is 2.66. The van der Waals surface area contributed by atoms with Gasteiger partial charge in [-0.15, -0.1) is 24.0 Å². The Labute approximate surface area is 157 Å². The van der Waals surface area contributed by atoms with E-state index in [1.165, 1.54) is 25.7 Å². The van der Waals surface area contributed by atoms with Crippen LogP contribution in [0, 0.1) is 11.8 Å². The molecule has 0 spiro atoms. The number of aromatic nitrogens is 2. The largest absolute Gasteiger partial charge is 0.356 e. The second kappa shape index (κ2) is 10.9. The van der Waals surface area contributed by atoms with Crippen LogP contribution in [-0.2, 0) is 6.54 Å². The third-order valence-electron chi connectivity index (χ3n) is 4.69. The molecule has 0 aliphatic heterocycles. The topological polar surface area (TPSA) is 54.2 Å². The minimum Gasteiger partial charge on any atom is -0.356 e. The van der Waals surface area contributed by atoms with Crippen LogP contribution in [0.5, 0.6) is 0 Å². The van der Waals surface area contributed by atoms with E-state index in [0.29, 0.717) is 6.04 Å². The van der Waals surface area contributed by atoms with Crippen LogP contribution in [0.25, 0.3) is 0 Å². The molecule has 0 aromatic carbocycles. The molecule has 0 radical (unpaired) electrons. The SMILES string of the molecule is CN=C(NCCCn1cccn1)NC1CCC(C(C)C)CC1.I. The quantitative estimate of drug-likeness (QED) is 0.314. The minimum atomic E-state index is 0. The van der Waals surface area contributed by atoms with Crippen molar-refractivity contribution in [1.82, 2.24) is 20.4 Å². The molecule has 1 saturated carbocycles. The Bertz CT molecular complexity index is 436. The highest BCUT2D eigenvalue weighted by Crippen LogP contribution is 2.29. The van der Waals surface area contributed by atoms with Crippen molar-refractivity contribution in [3.05, 3.63) is 18.5 Å². The lowest BCUT2D eigenvalue weighted by Crippen LogP contribution is -2.45. The van der Waals surface area contributed by atoms with Crippen LogP contribution in [0.15, 0.2) is 23.5 Å². The fourth-order valence-corrected chi connectivity index (χ4v) is 3.20. The van der Waals surface area contributed by atoms with Crippen molar-refractivity contribution in [3.63, 3.8) is 0 Å². The van der Waals surface area contributed by atoms with Crippen LogP contribution >= 0.6 is 24.0 Å². The molecule has 1 aliphatic rings. The van der Waals surface area contributed by atoms with Gasteiger partial charge in [0.2, 0.25) is 0 Å². The molecule has 6 heteroatoms. The maximum absolute atomic E-state index is 4.34. The van der Waals surface area contributed by atoms with Crippen LogP contribution in [0.1, 0.15) is 46.0 Å². The zero-order valence-corrected chi connectivity index (χ0v) is 17.0. The van der Waals surface area contributed by atoms with Crippen molar-refractivity contribution in [1.29, 1.82) is 0 Å². The summed E-state index contributed by atoms with van der Waals surface area (Å²) in [6.07, 6.45) is 10.1. The number of hydrogen-bond donors (Lipinski definition) is 2. The molecule has 0 unspecified atom stereocenters. The van der Waals surface area contributed by atoms with E-state index < -0.39 is 0 Å². The highest BCUT2D eigenvalue weighted by molar-refractivity contribution is 14.0. The maximum atomic E-state index is 4.34. The van der Waals surface area contributed by atoms with Crippen LogP contribution in [-0.4, -0.2) is 35.4 Å². The summed E-state index contributed by atoms with van der Waals surface area (Å²) in [4.78, 5) is 4.34. The molecule has 1 aromatic rings. The first kappa shape index (κ1) is 20.3. The van der Waals surface area contributed by atoms with Crippen LogP contribution in [0.3, 0.4) is 0 Å². The van der Waals surface area contributed by atoms with Gasteiger partial charge in [-0.05, 0) is 50.0 Å². The number of nitrogens with zero attached hydrogens (tertiary/aromatic N) is 3. The average Bonchev–Trinajstić information content (AvgIpc) is 3.04. The molecule has 1 aliphatic carbocycles. The molecule has 0 amide bonds. The lowest BCUT2D eigenvalue weighted by atomic mass is 9.80. The van der Waals surface area contributed by atoms with Gasteiger partial charge in [-0.3, -0.25) is 9.67 Å². The Kier molecular flexibility index (Phi) is 9.59. The summed E-state index contributed by atoms with van der Waals surface area (Å²) in [5.41, 5.74) is 0. The van der Waals surface area contributed by atoms with Crippen molar-refractivity contribution in [2.75, 3.05) is 13.6 Å².